The number of nitrogens with one attached hydrogen (secondary N) is 1. The maximum atomic E-state index is 3.51. The first-order valence-corrected chi connectivity index (χ1v) is 7.08. The summed E-state index contributed by atoms with van der Waals surface area (Å²) in [5, 5.41) is 3.51. The molecule has 2 aromatic rings. The molecule has 0 saturated carbocycles. The monoisotopic (exact) mass is 251 g/mol. The van der Waals surface area contributed by atoms with Gasteiger partial charge < -0.3 is 5.32 Å². The van der Waals surface area contributed by atoms with Crippen molar-refractivity contribution < 1.29 is 0 Å². The van der Waals surface area contributed by atoms with Crippen molar-refractivity contribution in [3.05, 3.63) is 70.8 Å². The molecule has 0 radical (unpaired) electrons. The van der Waals surface area contributed by atoms with Crippen LogP contribution in [-0.2, 0) is 12.8 Å². The van der Waals surface area contributed by atoms with E-state index in [0.717, 1.165) is 6.42 Å². The largest absolute Gasteiger partial charge is 0.316 e. The van der Waals surface area contributed by atoms with E-state index in [1.807, 2.05) is 0 Å². The van der Waals surface area contributed by atoms with E-state index in [4.69, 9.17) is 0 Å². The minimum absolute atomic E-state index is 0.539. The van der Waals surface area contributed by atoms with Crippen LogP contribution in [0.3, 0.4) is 0 Å². The summed E-state index contributed by atoms with van der Waals surface area (Å²) in [4.78, 5) is 0. The van der Waals surface area contributed by atoms with Gasteiger partial charge in [0.15, 0.2) is 0 Å². The Hall–Kier alpha value is -1.60. The van der Waals surface area contributed by atoms with E-state index < -0.39 is 0 Å². The molecule has 0 spiro atoms. The molecule has 0 aromatic heterocycles. The van der Waals surface area contributed by atoms with Gasteiger partial charge in [-0.15, -0.1) is 0 Å². The van der Waals surface area contributed by atoms with Crippen molar-refractivity contribution in [3.8, 4) is 0 Å². The first-order valence-electron chi connectivity index (χ1n) is 7.08. The van der Waals surface area contributed by atoms with Crippen LogP contribution in [0.2, 0.25) is 0 Å². The summed E-state index contributed by atoms with van der Waals surface area (Å²) >= 11 is 0. The predicted molar refractivity (Wildman–Crippen MR) is 80.6 cm³/mol. The zero-order valence-corrected chi connectivity index (χ0v) is 11.7. The molecule has 0 fully saturated rings. The summed E-state index contributed by atoms with van der Waals surface area (Å²) in [5.74, 6) is 0.668. The Balaban J connectivity index is 1.76. The predicted octanol–water partition coefficient (Wildman–Crippen LogP) is 3.47. The Morgan fingerprint density at radius 2 is 2.00 bits per heavy atom. The molecule has 1 aliphatic carbocycles. The molecule has 0 aliphatic heterocycles. The summed E-state index contributed by atoms with van der Waals surface area (Å²) in [6.45, 7) is 2.16. The number of hydrogen-bond acceptors (Lipinski definition) is 1. The Kier molecular flexibility index (Phi) is 3.39. The molecule has 2 aromatic carbocycles. The number of likely N-dealkylation sites (N-methyl/N-ethyl adjacent to an activating group) is 1. The Morgan fingerprint density at radius 1 is 1.16 bits per heavy atom. The van der Waals surface area contributed by atoms with Crippen molar-refractivity contribution in [1.82, 2.24) is 5.32 Å². The summed E-state index contributed by atoms with van der Waals surface area (Å²) in [7, 11) is 2.08. The quantitative estimate of drug-likeness (QED) is 0.877. The van der Waals surface area contributed by atoms with Crippen LogP contribution in [0.1, 0.15) is 28.2 Å². The molecule has 2 atom stereocenters. The first kappa shape index (κ1) is 12.4. The molecule has 0 saturated heterocycles. The number of rotatable bonds is 4. The average Bonchev–Trinajstić information content (AvgIpc) is 2.39. The molecule has 2 unspecified atom stereocenters. The fourth-order valence-electron chi connectivity index (χ4n) is 3.20. The summed E-state index contributed by atoms with van der Waals surface area (Å²) in [5.41, 5.74) is 5.84. The van der Waals surface area contributed by atoms with Gasteiger partial charge in [-0.05, 0) is 43.5 Å². The lowest BCUT2D eigenvalue weighted by Crippen LogP contribution is -2.39. The molecule has 1 heteroatoms. The van der Waals surface area contributed by atoms with Gasteiger partial charge in [-0.1, -0.05) is 54.1 Å². The highest BCUT2D eigenvalue weighted by molar-refractivity contribution is 5.41. The van der Waals surface area contributed by atoms with Gasteiger partial charge in [-0.2, -0.15) is 0 Å². The maximum Gasteiger partial charge on any atom is 0.0176 e. The Labute approximate surface area is 115 Å². The van der Waals surface area contributed by atoms with Crippen molar-refractivity contribution >= 4 is 0 Å². The molecular weight excluding hydrogens is 230 g/mol. The Bertz CT molecular complexity index is 573. The summed E-state index contributed by atoms with van der Waals surface area (Å²) < 4.78 is 0. The van der Waals surface area contributed by atoms with Gasteiger partial charge in [0.1, 0.15) is 0 Å². The third-order valence-corrected chi connectivity index (χ3v) is 4.29. The van der Waals surface area contributed by atoms with Gasteiger partial charge >= 0.3 is 0 Å². The van der Waals surface area contributed by atoms with Crippen LogP contribution < -0.4 is 5.32 Å². The number of fused-ring (bicyclic) bond motifs is 1. The molecule has 98 valence electrons. The molecule has 19 heavy (non-hydrogen) atoms. The second-order valence-electron chi connectivity index (χ2n) is 5.60. The second kappa shape index (κ2) is 5.18. The van der Waals surface area contributed by atoms with Gasteiger partial charge in [0.2, 0.25) is 0 Å². The van der Waals surface area contributed by atoms with Crippen molar-refractivity contribution in [3.63, 3.8) is 0 Å². The minimum Gasteiger partial charge on any atom is -0.316 e. The lowest BCUT2D eigenvalue weighted by atomic mass is 9.72. The van der Waals surface area contributed by atoms with Crippen molar-refractivity contribution in [2.24, 2.45) is 0 Å². The zero-order valence-electron chi connectivity index (χ0n) is 11.7. The standard InChI is InChI=1S/C18H21N/c1-13-6-5-7-14(10-13)11-18(19-2)17-12-15-8-3-4-9-16(15)17/h3-10,17-19H,11-12H2,1-2H3. The highest BCUT2D eigenvalue weighted by Gasteiger charge is 2.31. The lowest BCUT2D eigenvalue weighted by molar-refractivity contribution is 0.422. The van der Waals surface area contributed by atoms with E-state index in [1.165, 1.54) is 28.7 Å². The normalized spacial score (nSPS) is 18.5. The van der Waals surface area contributed by atoms with Gasteiger partial charge in [0, 0.05) is 12.0 Å². The lowest BCUT2D eigenvalue weighted by Gasteiger charge is -2.36. The highest BCUT2D eigenvalue weighted by Crippen LogP contribution is 2.38. The SMILES string of the molecule is CNC(Cc1cccc(C)c1)C1Cc2ccccc21. The third-order valence-electron chi connectivity index (χ3n) is 4.29. The van der Waals surface area contributed by atoms with Crippen molar-refractivity contribution in [2.45, 2.75) is 31.7 Å². The van der Waals surface area contributed by atoms with Crippen LogP contribution in [0.25, 0.3) is 0 Å². The van der Waals surface area contributed by atoms with Crippen molar-refractivity contribution in [1.29, 1.82) is 0 Å². The van der Waals surface area contributed by atoms with Crippen molar-refractivity contribution in [2.75, 3.05) is 7.05 Å². The van der Waals surface area contributed by atoms with Gasteiger partial charge in [-0.3, -0.25) is 0 Å². The highest BCUT2D eigenvalue weighted by atomic mass is 14.9. The summed E-state index contributed by atoms with van der Waals surface area (Å²) in [6.07, 6.45) is 2.32. The van der Waals surface area contributed by atoms with E-state index >= 15 is 0 Å². The molecule has 1 nitrogen and oxygen atoms in total. The van der Waals surface area contributed by atoms with E-state index in [0.29, 0.717) is 12.0 Å². The van der Waals surface area contributed by atoms with Gasteiger partial charge in [0.25, 0.3) is 0 Å². The molecule has 1 aliphatic rings. The third kappa shape index (κ3) is 2.43. The van der Waals surface area contributed by atoms with E-state index in [-0.39, 0.29) is 0 Å². The van der Waals surface area contributed by atoms with E-state index in [1.54, 1.807) is 0 Å². The van der Waals surface area contributed by atoms with Crippen LogP contribution in [0.4, 0.5) is 0 Å². The topological polar surface area (TPSA) is 12.0 Å². The molecular formula is C18H21N. The van der Waals surface area contributed by atoms with Gasteiger partial charge in [0.05, 0.1) is 0 Å². The van der Waals surface area contributed by atoms with Crippen LogP contribution in [0.5, 0.6) is 0 Å². The molecule has 1 N–H and O–H groups in total. The summed E-state index contributed by atoms with van der Waals surface area (Å²) in [6, 6.07) is 18.2. The van der Waals surface area contributed by atoms with E-state index in [2.05, 4.69) is 67.8 Å². The van der Waals surface area contributed by atoms with E-state index in [9.17, 15) is 0 Å². The number of benzene rings is 2. The van der Waals surface area contributed by atoms with Crippen LogP contribution in [0.15, 0.2) is 48.5 Å². The molecule has 3 rings (SSSR count). The fourth-order valence-corrected chi connectivity index (χ4v) is 3.20. The number of aryl methyl sites for hydroxylation is 1. The average molecular weight is 251 g/mol. The zero-order chi connectivity index (χ0) is 13.2. The van der Waals surface area contributed by atoms with Gasteiger partial charge in [-0.25, -0.2) is 0 Å². The first-order chi connectivity index (χ1) is 9.28. The fraction of sp³-hybridized carbons (Fsp3) is 0.333. The smallest absolute Gasteiger partial charge is 0.0176 e. The molecule has 0 bridgehead atoms. The van der Waals surface area contributed by atoms with Crippen LogP contribution >= 0.6 is 0 Å². The maximum absolute atomic E-state index is 3.51. The minimum atomic E-state index is 0.539. The molecule has 0 amide bonds. The van der Waals surface area contributed by atoms with Crippen LogP contribution in [0, 0.1) is 6.92 Å². The Morgan fingerprint density at radius 3 is 2.74 bits per heavy atom. The van der Waals surface area contributed by atoms with Crippen LogP contribution in [-0.4, -0.2) is 13.1 Å². The molecule has 0 heterocycles. The number of hydrogen-bond donors (Lipinski definition) is 1. The second-order valence-corrected chi connectivity index (χ2v) is 5.60.